The van der Waals surface area contributed by atoms with E-state index >= 15 is 0 Å². The molecule has 1 aromatic carbocycles. The predicted octanol–water partition coefficient (Wildman–Crippen LogP) is 2.69. The monoisotopic (exact) mass is 278 g/mol. The third-order valence-electron chi connectivity index (χ3n) is 4.25. The zero-order chi connectivity index (χ0) is 14.6. The Bertz CT molecular complexity index is 482. The van der Waals surface area contributed by atoms with Crippen LogP contribution in [0.15, 0.2) is 18.2 Å². The first-order valence-corrected chi connectivity index (χ1v) is 7.16. The minimum Gasteiger partial charge on any atom is -0.394 e. The van der Waals surface area contributed by atoms with Crippen molar-refractivity contribution in [3.63, 3.8) is 0 Å². The SMILES string of the molecule is Cc1ccc(CNC2(CO)CCCCC2)cc1[N+](=O)[O-]. The molecule has 0 heterocycles. The molecule has 2 N–H and O–H groups in total. The Morgan fingerprint density at radius 3 is 2.65 bits per heavy atom. The standard InChI is InChI=1S/C15H22N2O3/c1-12-5-6-13(9-14(12)17(19)20)10-16-15(11-18)7-3-2-4-8-15/h5-6,9,16,18H,2-4,7-8,10-11H2,1H3. The van der Waals surface area contributed by atoms with Gasteiger partial charge in [0.2, 0.25) is 0 Å². The number of nitrogens with one attached hydrogen (secondary N) is 1. The molecule has 1 aliphatic rings. The maximum absolute atomic E-state index is 10.9. The van der Waals surface area contributed by atoms with E-state index in [-0.39, 0.29) is 22.8 Å². The summed E-state index contributed by atoms with van der Waals surface area (Å²) in [5.41, 5.74) is 1.51. The van der Waals surface area contributed by atoms with Crippen LogP contribution in [0.25, 0.3) is 0 Å². The lowest BCUT2D eigenvalue weighted by atomic mass is 9.82. The van der Waals surface area contributed by atoms with Crippen LogP contribution in [0.4, 0.5) is 5.69 Å². The molecule has 0 aromatic heterocycles. The highest BCUT2D eigenvalue weighted by Gasteiger charge is 2.30. The fourth-order valence-corrected chi connectivity index (χ4v) is 2.87. The Morgan fingerprint density at radius 2 is 2.05 bits per heavy atom. The minimum atomic E-state index is -0.346. The molecule has 5 nitrogen and oxygen atoms in total. The van der Waals surface area contributed by atoms with Crippen LogP contribution >= 0.6 is 0 Å². The highest BCUT2D eigenvalue weighted by molar-refractivity contribution is 5.42. The van der Waals surface area contributed by atoms with Crippen LogP contribution in [0.1, 0.15) is 43.2 Å². The summed E-state index contributed by atoms with van der Waals surface area (Å²) in [6.07, 6.45) is 5.41. The lowest BCUT2D eigenvalue weighted by Gasteiger charge is -2.36. The number of benzene rings is 1. The summed E-state index contributed by atoms with van der Waals surface area (Å²) in [6, 6.07) is 5.31. The van der Waals surface area contributed by atoms with Gasteiger partial charge in [0.05, 0.1) is 11.5 Å². The Morgan fingerprint density at radius 1 is 1.35 bits per heavy atom. The van der Waals surface area contributed by atoms with Gasteiger partial charge >= 0.3 is 0 Å². The first kappa shape index (κ1) is 14.9. The summed E-state index contributed by atoms with van der Waals surface area (Å²) >= 11 is 0. The normalized spacial score (nSPS) is 17.9. The zero-order valence-electron chi connectivity index (χ0n) is 11.9. The van der Waals surface area contributed by atoms with Gasteiger partial charge in [0.15, 0.2) is 0 Å². The van der Waals surface area contributed by atoms with Crippen LogP contribution < -0.4 is 5.32 Å². The second kappa shape index (κ2) is 6.33. The molecule has 0 radical (unpaired) electrons. The number of nitro benzene ring substituents is 1. The fraction of sp³-hybridized carbons (Fsp3) is 0.600. The van der Waals surface area contributed by atoms with E-state index in [1.807, 2.05) is 6.07 Å². The smallest absolute Gasteiger partial charge is 0.272 e. The van der Waals surface area contributed by atoms with Gasteiger partial charge in [-0.2, -0.15) is 0 Å². The molecule has 0 spiro atoms. The van der Waals surface area contributed by atoms with Crippen molar-refractivity contribution in [3.05, 3.63) is 39.4 Å². The van der Waals surface area contributed by atoms with Crippen LogP contribution in [0, 0.1) is 17.0 Å². The number of aliphatic hydroxyl groups excluding tert-OH is 1. The van der Waals surface area contributed by atoms with Crippen LogP contribution in [-0.4, -0.2) is 22.2 Å². The lowest BCUT2D eigenvalue weighted by Crippen LogP contribution is -2.49. The van der Waals surface area contributed by atoms with E-state index in [9.17, 15) is 15.2 Å². The van der Waals surface area contributed by atoms with E-state index in [1.54, 1.807) is 19.1 Å². The van der Waals surface area contributed by atoms with Gasteiger partial charge in [0.1, 0.15) is 0 Å². The highest BCUT2D eigenvalue weighted by Crippen LogP contribution is 2.28. The summed E-state index contributed by atoms with van der Waals surface area (Å²) in [5, 5.41) is 24.0. The summed E-state index contributed by atoms with van der Waals surface area (Å²) in [4.78, 5) is 10.6. The Hall–Kier alpha value is -1.46. The maximum Gasteiger partial charge on any atom is 0.272 e. The van der Waals surface area contributed by atoms with Crippen LogP contribution in [0.3, 0.4) is 0 Å². The minimum absolute atomic E-state index is 0.126. The molecule has 0 unspecified atom stereocenters. The second-order valence-electron chi connectivity index (χ2n) is 5.73. The number of hydrogen-bond acceptors (Lipinski definition) is 4. The van der Waals surface area contributed by atoms with Crippen LogP contribution in [0.2, 0.25) is 0 Å². The predicted molar refractivity (Wildman–Crippen MR) is 77.6 cm³/mol. The van der Waals surface area contributed by atoms with Crippen LogP contribution in [-0.2, 0) is 6.54 Å². The summed E-state index contributed by atoms with van der Waals surface area (Å²) < 4.78 is 0. The van der Waals surface area contributed by atoms with Gasteiger partial charge in [-0.25, -0.2) is 0 Å². The van der Waals surface area contributed by atoms with E-state index in [0.717, 1.165) is 31.2 Å². The van der Waals surface area contributed by atoms with Crippen molar-refractivity contribution in [2.45, 2.75) is 51.1 Å². The largest absolute Gasteiger partial charge is 0.394 e. The number of aryl methyl sites for hydroxylation is 1. The van der Waals surface area contributed by atoms with E-state index in [4.69, 9.17) is 0 Å². The molecule has 2 rings (SSSR count). The molecular weight excluding hydrogens is 256 g/mol. The van der Waals surface area contributed by atoms with Gasteiger partial charge in [0, 0.05) is 23.7 Å². The van der Waals surface area contributed by atoms with E-state index in [2.05, 4.69) is 5.32 Å². The Kier molecular flexibility index (Phi) is 4.73. The number of rotatable bonds is 5. The summed E-state index contributed by atoms with van der Waals surface area (Å²) in [6.45, 7) is 2.42. The molecular formula is C15H22N2O3. The van der Waals surface area contributed by atoms with Gasteiger partial charge in [0.25, 0.3) is 5.69 Å². The summed E-state index contributed by atoms with van der Waals surface area (Å²) in [5.74, 6) is 0. The van der Waals surface area contributed by atoms with Gasteiger partial charge in [-0.3, -0.25) is 10.1 Å². The zero-order valence-corrected chi connectivity index (χ0v) is 11.9. The van der Waals surface area contributed by atoms with E-state index < -0.39 is 0 Å². The number of hydrogen-bond donors (Lipinski definition) is 2. The first-order chi connectivity index (χ1) is 9.56. The fourth-order valence-electron chi connectivity index (χ4n) is 2.87. The first-order valence-electron chi connectivity index (χ1n) is 7.16. The average molecular weight is 278 g/mol. The molecule has 1 aromatic rings. The molecule has 0 saturated heterocycles. The second-order valence-corrected chi connectivity index (χ2v) is 5.73. The van der Waals surface area contributed by atoms with Gasteiger partial charge in [-0.15, -0.1) is 0 Å². The van der Waals surface area contributed by atoms with Crippen molar-refractivity contribution >= 4 is 5.69 Å². The molecule has 20 heavy (non-hydrogen) atoms. The van der Waals surface area contributed by atoms with Crippen molar-refractivity contribution in [3.8, 4) is 0 Å². The highest BCUT2D eigenvalue weighted by atomic mass is 16.6. The van der Waals surface area contributed by atoms with Gasteiger partial charge in [-0.1, -0.05) is 31.4 Å². The molecule has 5 heteroatoms. The third kappa shape index (κ3) is 3.35. The van der Waals surface area contributed by atoms with Crippen molar-refractivity contribution in [2.24, 2.45) is 0 Å². The van der Waals surface area contributed by atoms with Gasteiger partial charge in [-0.05, 0) is 25.3 Å². The van der Waals surface area contributed by atoms with E-state index in [1.165, 1.54) is 6.42 Å². The van der Waals surface area contributed by atoms with Crippen molar-refractivity contribution in [1.82, 2.24) is 5.32 Å². The van der Waals surface area contributed by atoms with Crippen molar-refractivity contribution in [1.29, 1.82) is 0 Å². The number of nitro groups is 1. The molecule has 1 aliphatic carbocycles. The number of aliphatic hydroxyl groups is 1. The lowest BCUT2D eigenvalue weighted by molar-refractivity contribution is -0.385. The van der Waals surface area contributed by atoms with Crippen LogP contribution in [0.5, 0.6) is 0 Å². The topological polar surface area (TPSA) is 75.4 Å². The molecule has 0 bridgehead atoms. The molecule has 0 amide bonds. The molecule has 1 fully saturated rings. The molecule has 110 valence electrons. The maximum atomic E-state index is 10.9. The van der Waals surface area contributed by atoms with Gasteiger partial charge < -0.3 is 10.4 Å². The molecule has 0 aliphatic heterocycles. The third-order valence-corrected chi connectivity index (χ3v) is 4.25. The van der Waals surface area contributed by atoms with Crippen molar-refractivity contribution in [2.75, 3.05) is 6.61 Å². The Labute approximate surface area is 119 Å². The molecule has 0 atom stereocenters. The Balaban J connectivity index is 2.06. The van der Waals surface area contributed by atoms with E-state index in [0.29, 0.717) is 12.1 Å². The van der Waals surface area contributed by atoms with Crippen molar-refractivity contribution < 1.29 is 10.0 Å². The quantitative estimate of drug-likeness (QED) is 0.641. The number of nitrogens with zero attached hydrogens (tertiary/aromatic N) is 1. The summed E-state index contributed by atoms with van der Waals surface area (Å²) in [7, 11) is 0. The average Bonchev–Trinajstić information content (AvgIpc) is 2.47. The molecule has 1 saturated carbocycles.